The van der Waals surface area contributed by atoms with Gasteiger partial charge in [0.15, 0.2) is 0 Å². The highest BCUT2D eigenvalue weighted by molar-refractivity contribution is 6.07. The van der Waals surface area contributed by atoms with Crippen LogP contribution in [0.5, 0.6) is 0 Å². The fraction of sp³-hybridized carbons (Fsp3) is 0.143. The summed E-state index contributed by atoms with van der Waals surface area (Å²) in [4.78, 5) is 26.9. The fourth-order valence-electron chi connectivity index (χ4n) is 3.27. The van der Waals surface area contributed by atoms with E-state index in [0.29, 0.717) is 18.7 Å². The lowest BCUT2D eigenvalue weighted by Gasteiger charge is -2.18. The molecule has 2 aromatic carbocycles. The number of para-hydroxylation sites is 1. The maximum absolute atomic E-state index is 12.9. The quantitative estimate of drug-likeness (QED) is 0.740. The van der Waals surface area contributed by atoms with Gasteiger partial charge in [0.1, 0.15) is 0 Å². The number of fused-ring (bicyclic) bond motifs is 1. The van der Waals surface area contributed by atoms with Crippen molar-refractivity contribution in [3.05, 3.63) is 100.0 Å². The minimum atomic E-state index is -0.109. The van der Waals surface area contributed by atoms with Crippen LogP contribution >= 0.6 is 0 Å². The lowest BCUT2D eigenvalue weighted by atomic mass is 10.1. The van der Waals surface area contributed by atoms with E-state index in [9.17, 15) is 9.59 Å². The van der Waals surface area contributed by atoms with Gasteiger partial charge in [-0.15, -0.1) is 0 Å². The van der Waals surface area contributed by atoms with Gasteiger partial charge in [-0.2, -0.15) is 0 Å². The van der Waals surface area contributed by atoms with Crippen LogP contribution in [0.1, 0.15) is 21.5 Å². The number of rotatable bonds is 3. The molecule has 0 atom stereocenters. The molecule has 1 aliphatic rings. The van der Waals surface area contributed by atoms with Crippen LogP contribution in [0.4, 0.5) is 5.69 Å². The minimum Gasteiger partial charge on any atom is -0.310 e. The molecule has 4 rings (SSSR count). The SMILES string of the molecule is O=C(c1ccc(=O)n(Cc2ccccc2)c1)N1CCc2ccccc21. The number of benzene rings is 2. The smallest absolute Gasteiger partial charge is 0.259 e. The van der Waals surface area contributed by atoms with E-state index in [1.165, 1.54) is 11.6 Å². The van der Waals surface area contributed by atoms with Crippen LogP contribution in [-0.4, -0.2) is 17.0 Å². The topological polar surface area (TPSA) is 42.3 Å². The van der Waals surface area contributed by atoms with Gasteiger partial charge >= 0.3 is 0 Å². The molecule has 0 bridgehead atoms. The van der Waals surface area contributed by atoms with E-state index in [4.69, 9.17) is 0 Å². The third kappa shape index (κ3) is 2.98. The molecule has 0 N–H and O–H groups in total. The summed E-state index contributed by atoms with van der Waals surface area (Å²) in [6, 6.07) is 20.8. The number of nitrogens with zero attached hydrogens (tertiary/aromatic N) is 2. The lowest BCUT2D eigenvalue weighted by Crippen LogP contribution is -2.30. The largest absolute Gasteiger partial charge is 0.310 e. The zero-order chi connectivity index (χ0) is 17.2. The van der Waals surface area contributed by atoms with Gasteiger partial charge in [-0.05, 0) is 29.7 Å². The van der Waals surface area contributed by atoms with Crippen LogP contribution in [0.3, 0.4) is 0 Å². The summed E-state index contributed by atoms with van der Waals surface area (Å²) in [5.41, 5.74) is 3.61. The molecule has 4 heteroatoms. The highest BCUT2D eigenvalue weighted by atomic mass is 16.2. The first-order valence-corrected chi connectivity index (χ1v) is 8.36. The molecule has 0 saturated carbocycles. The van der Waals surface area contributed by atoms with Crippen LogP contribution in [-0.2, 0) is 13.0 Å². The number of aromatic nitrogens is 1. The first kappa shape index (κ1) is 15.4. The number of anilines is 1. The summed E-state index contributed by atoms with van der Waals surface area (Å²) in [5, 5.41) is 0. The maximum atomic E-state index is 12.9. The monoisotopic (exact) mass is 330 g/mol. The third-order valence-electron chi connectivity index (χ3n) is 4.56. The van der Waals surface area contributed by atoms with Gasteiger partial charge in [0, 0.05) is 24.5 Å². The molecule has 124 valence electrons. The van der Waals surface area contributed by atoms with E-state index in [-0.39, 0.29) is 11.5 Å². The van der Waals surface area contributed by atoms with E-state index in [0.717, 1.165) is 17.7 Å². The maximum Gasteiger partial charge on any atom is 0.259 e. The molecule has 3 aromatic rings. The molecule has 0 aliphatic carbocycles. The Labute approximate surface area is 146 Å². The molecular formula is C21H18N2O2. The first-order valence-electron chi connectivity index (χ1n) is 8.36. The van der Waals surface area contributed by atoms with Crippen molar-refractivity contribution >= 4 is 11.6 Å². The molecule has 0 spiro atoms. The Balaban J connectivity index is 1.64. The van der Waals surface area contributed by atoms with Crippen LogP contribution in [0, 0.1) is 0 Å². The van der Waals surface area contributed by atoms with Crippen molar-refractivity contribution in [2.75, 3.05) is 11.4 Å². The zero-order valence-electron chi connectivity index (χ0n) is 13.8. The lowest BCUT2D eigenvalue weighted by molar-refractivity contribution is 0.0988. The van der Waals surface area contributed by atoms with Crippen LogP contribution in [0.2, 0.25) is 0 Å². The average molecular weight is 330 g/mol. The van der Waals surface area contributed by atoms with Crippen LogP contribution in [0.15, 0.2) is 77.7 Å². The summed E-state index contributed by atoms with van der Waals surface area (Å²) < 4.78 is 1.59. The van der Waals surface area contributed by atoms with Gasteiger partial charge in [-0.3, -0.25) is 9.59 Å². The molecule has 4 nitrogen and oxygen atoms in total. The van der Waals surface area contributed by atoms with Crippen LogP contribution < -0.4 is 10.5 Å². The second-order valence-electron chi connectivity index (χ2n) is 6.21. The predicted molar refractivity (Wildman–Crippen MR) is 98.1 cm³/mol. The second kappa shape index (κ2) is 6.40. The van der Waals surface area contributed by atoms with Crippen molar-refractivity contribution in [1.29, 1.82) is 0 Å². The van der Waals surface area contributed by atoms with Gasteiger partial charge < -0.3 is 9.47 Å². The Morgan fingerprint density at radius 2 is 1.68 bits per heavy atom. The Hall–Kier alpha value is -3.14. The third-order valence-corrected chi connectivity index (χ3v) is 4.56. The summed E-state index contributed by atoms with van der Waals surface area (Å²) in [6.07, 6.45) is 2.53. The van der Waals surface area contributed by atoms with Gasteiger partial charge in [0.25, 0.3) is 11.5 Å². The normalized spacial score (nSPS) is 12.9. The predicted octanol–water partition coefficient (Wildman–Crippen LogP) is 3.10. The van der Waals surface area contributed by atoms with E-state index in [1.807, 2.05) is 48.5 Å². The number of hydrogen-bond acceptors (Lipinski definition) is 2. The zero-order valence-corrected chi connectivity index (χ0v) is 13.8. The van der Waals surface area contributed by atoms with E-state index < -0.39 is 0 Å². The van der Waals surface area contributed by atoms with Crippen molar-refractivity contribution in [3.8, 4) is 0 Å². The number of amides is 1. The summed E-state index contributed by atoms with van der Waals surface area (Å²) >= 11 is 0. The van der Waals surface area contributed by atoms with Crippen molar-refractivity contribution in [3.63, 3.8) is 0 Å². The standard InChI is InChI=1S/C21H18N2O2/c24-20-11-10-18(15-22(20)14-16-6-2-1-3-7-16)21(25)23-13-12-17-8-4-5-9-19(17)23/h1-11,15H,12-14H2. The van der Waals surface area contributed by atoms with Crippen molar-refractivity contribution in [2.24, 2.45) is 0 Å². The van der Waals surface area contributed by atoms with Gasteiger partial charge in [-0.1, -0.05) is 48.5 Å². The van der Waals surface area contributed by atoms with Crippen molar-refractivity contribution in [1.82, 2.24) is 4.57 Å². The van der Waals surface area contributed by atoms with E-state index >= 15 is 0 Å². The Kier molecular flexibility index (Phi) is 3.94. The number of carbonyl (C=O) groups is 1. The molecule has 0 saturated heterocycles. The number of hydrogen-bond donors (Lipinski definition) is 0. The molecular weight excluding hydrogens is 312 g/mol. The van der Waals surface area contributed by atoms with Crippen molar-refractivity contribution < 1.29 is 4.79 Å². The molecule has 25 heavy (non-hydrogen) atoms. The molecule has 1 aromatic heterocycles. The Morgan fingerprint density at radius 3 is 2.52 bits per heavy atom. The second-order valence-corrected chi connectivity index (χ2v) is 6.21. The van der Waals surface area contributed by atoms with Gasteiger partial charge in [0.2, 0.25) is 0 Å². The average Bonchev–Trinajstić information content (AvgIpc) is 3.08. The molecule has 1 aliphatic heterocycles. The molecule has 1 amide bonds. The highest BCUT2D eigenvalue weighted by Crippen LogP contribution is 2.28. The van der Waals surface area contributed by atoms with Crippen molar-refractivity contribution in [2.45, 2.75) is 13.0 Å². The minimum absolute atomic E-state index is 0.0632. The highest BCUT2D eigenvalue weighted by Gasteiger charge is 2.25. The van der Waals surface area contributed by atoms with E-state index in [2.05, 4.69) is 6.07 Å². The summed E-state index contributed by atoms with van der Waals surface area (Å²) in [6.45, 7) is 1.13. The summed E-state index contributed by atoms with van der Waals surface area (Å²) in [5.74, 6) is -0.0632. The molecule has 0 unspecified atom stereocenters. The van der Waals surface area contributed by atoms with Crippen LogP contribution in [0.25, 0.3) is 0 Å². The van der Waals surface area contributed by atoms with Gasteiger partial charge in [0.05, 0.1) is 12.1 Å². The number of carbonyl (C=O) groups excluding carboxylic acids is 1. The summed E-state index contributed by atoms with van der Waals surface area (Å²) in [7, 11) is 0. The Morgan fingerprint density at radius 1 is 0.920 bits per heavy atom. The molecule has 0 radical (unpaired) electrons. The molecule has 0 fully saturated rings. The Bertz CT molecular complexity index is 976. The first-order chi connectivity index (χ1) is 12.2. The number of pyridine rings is 1. The van der Waals surface area contributed by atoms with E-state index in [1.54, 1.807) is 21.7 Å². The van der Waals surface area contributed by atoms with Gasteiger partial charge in [-0.25, -0.2) is 0 Å². The molecule has 2 heterocycles. The fourth-order valence-corrected chi connectivity index (χ4v) is 3.27.